The summed E-state index contributed by atoms with van der Waals surface area (Å²) in [5, 5.41) is 5.97. The Bertz CT molecular complexity index is 763. The first-order valence-corrected chi connectivity index (χ1v) is 13.6. The molecule has 0 radical (unpaired) electrons. The van der Waals surface area contributed by atoms with E-state index in [1.54, 1.807) is 7.05 Å². The molecule has 8 heteroatoms. The summed E-state index contributed by atoms with van der Waals surface area (Å²) in [5.41, 5.74) is 5.89. The number of carbonyl (C=O) groups is 2. The zero-order chi connectivity index (χ0) is 28.5. The van der Waals surface area contributed by atoms with Crippen molar-refractivity contribution in [3.8, 4) is 5.75 Å². The highest BCUT2D eigenvalue weighted by Crippen LogP contribution is 2.19. The smallest absolute Gasteiger partial charge is 0.257 e. The molecule has 1 rings (SSSR count). The third kappa shape index (κ3) is 15.8. The molecule has 0 bridgehead atoms. The second kappa shape index (κ2) is 18.3. The van der Waals surface area contributed by atoms with Crippen molar-refractivity contribution in [2.24, 2.45) is 11.7 Å². The fourth-order valence-corrected chi connectivity index (χ4v) is 3.46. The van der Waals surface area contributed by atoms with Crippen LogP contribution in [0.5, 0.6) is 5.75 Å². The van der Waals surface area contributed by atoms with Gasteiger partial charge in [-0.25, -0.2) is 0 Å². The van der Waals surface area contributed by atoms with Crippen LogP contribution in [0.1, 0.15) is 73.8 Å². The maximum Gasteiger partial charge on any atom is 0.257 e. The topological polar surface area (TPSA) is 112 Å². The molecule has 0 aliphatic heterocycles. The van der Waals surface area contributed by atoms with Crippen molar-refractivity contribution in [3.05, 3.63) is 29.8 Å². The van der Waals surface area contributed by atoms with Crippen LogP contribution in [0.25, 0.3) is 0 Å². The Kier molecular flexibility index (Phi) is 17.3. The van der Waals surface area contributed by atoms with Gasteiger partial charge in [-0.05, 0) is 71.7 Å². The van der Waals surface area contributed by atoms with E-state index in [0.29, 0.717) is 44.9 Å². The largest absolute Gasteiger partial charge is 0.484 e. The predicted octanol–water partition coefficient (Wildman–Crippen LogP) is 3.89. The van der Waals surface area contributed by atoms with Gasteiger partial charge in [-0.15, -0.1) is 0 Å². The van der Waals surface area contributed by atoms with Gasteiger partial charge in [-0.3, -0.25) is 9.59 Å². The summed E-state index contributed by atoms with van der Waals surface area (Å²) in [7, 11) is 1.80. The van der Waals surface area contributed by atoms with Crippen LogP contribution in [0.2, 0.25) is 0 Å². The molecule has 0 spiro atoms. The molecule has 1 unspecified atom stereocenters. The zero-order valence-electron chi connectivity index (χ0n) is 24.7. The van der Waals surface area contributed by atoms with Gasteiger partial charge in [0.25, 0.3) is 5.91 Å². The van der Waals surface area contributed by atoms with E-state index in [4.69, 9.17) is 19.9 Å². The van der Waals surface area contributed by atoms with E-state index >= 15 is 0 Å². The highest BCUT2D eigenvalue weighted by atomic mass is 16.5. The number of carbonyl (C=O) groups excluding carboxylic acids is 2. The third-order valence-corrected chi connectivity index (χ3v) is 5.85. The molecular weight excluding hydrogens is 470 g/mol. The van der Waals surface area contributed by atoms with E-state index < -0.39 is 0 Å². The van der Waals surface area contributed by atoms with Gasteiger partial charge in [-0.2, -0.15) is 0 Å². The van der Waals surface area contributed by atoms with Gasteiger partial charge in [0.1, 0.15) is 5.75 Å². The molecule has 8 nitrogen and oxygen atoms in total. The molecule has 37 heavy (non-hydrogen) atoms. The van der Waals surface area contributed by atoms with Crippen LogP contribution in [0.3, 0.4) is 0 Å². The molecule has 0 saturated carbocycles. The number of amides is 1. The number of likely N-dealkylation sites (N-methyl/N-ethyl adjacent to an activating group) is 1. The van der Waals surface area contributed by atoms with Crippen molar-refractivity contribution in [1.29, 1.82) is 0 Å². The van der Waals surface area contributed by atoms with Crippen LogP contribution in [0.4, 0.5) is 0 Å². The standard InChI is InChI=1S/C27H47N3O5.C2H6/c1-20(2)25(32)23(29-7)18-21-8-10-22(11-9-21)33-19-24(31)30-15-12-26(3,4)34-16-13-27(5,6)35-17-14-28;1-2/h8-11,20,23,29H,12-19,28H2,1-7H3,(H,30,31);1-2H3. The van der Waals surface area contributed by atoms with Crippen molar-refractivity contribution in [2.75, 3.05) is 40.0 Å². The van der Waals surface area contributed by atoms with E-state index in [2.05, 4.69) is 10.6 Å². The lowest BCUT2D eigenvalue weighted by Gasteiger charge is -2.29. The SMILES string of the molecule is CC.CNC(Cc1ccc(OCC(=O)NCCC(C)(C)OCCC(C)(C)OCCN)cc1)C(=O)C(C)C. The normalized spacial score (nSPS) is 12.5. The Hall–Kier alpha value is -2.00. The van der Waals surface area contributed by atoms with Crippen molar-refractivity contribution in [2.45, 2.75) is 91.9 Å². The van der Waals surface area contributed by atoms with Gasteiger partial charge in [-0.1, -0.05) is 39.8 Å². The maximum absolute atomic E-state index is 12.2. The van der Waals surface area contributed by atoms with Crippen LogP contribution < -0.4 is 21.1 Å². The summed E-state index contributed by atoms with van der Waals surface area (Å²) in [6, 6.07) is 7.29. The molecule has 0 fully saturated rings. The molecule has 1 atom stereocenters. The lowest BCUT2D eigenvalue weighted by atomic mass is 9.96. The highest BCUT2D eigenvalue weighted by Gasteiger charge is 2.23. The van der Waals surface area contributed by atoms with Crippen LogP contribution >= 0.6 is 0 Å². The summed E-state index contributed by atoms with van der Waals surface area (Å²) in [5.74, 6) is 0.611. The van der Waals surface area contributed by atoms with Crippen LogP contribution in [0.15, 0.2) is 24.3 Å². The Morgan fingerprint density at radius 1 is 0.946 bits per heavy atom. The van der Waals surface area contributed by atoms with Crippen LogP contribution in [-0.2, 0) is 25.5 Å². The molecule has 1 aromatic rings. The summed E-state index contributed by atoms with van der Waals surface area (Å²) >= 11 is 0. The Morgan fingerprint density at radius 3 is 2.05 bits per heavy atom. The number of nitrogens with two attached hydrogens (primary N) is 1. The fraction of sp³-hybridized carbons (Fsp3) is 0.724. The zero-order valence-corrected chi connectivity index (χ0v) is 24.7. The Balaban J connectivity index is 0.00000631. The number of hydrogen-bond acceptors (Lipinski definition) is 7. The molecule has 1 aromatic carbocycles. The molecule has 0 aromatic heterocycles. The molecule has 214 valence electrons. The lowest BCUT2D eigenvalue weighted by molar-refractivity contribution is -0.124. The predicted molar refractivity (Wildman–Crippen MR) is 151 cm³/mol. The number of hydrogen-bond donors (Lipinski definition) is 3. The van der Waals surface area contributed by atoms with Crippen molar-refractivity contribution >= 4 is 11.7 Å². The molecule has 1 amide bonds. The minimum atomic E-state index is -0.365. The average Bonchev–Trinajstić information content (AvgIpc) is 2.85. The molecular formula is C29H53N3O5. The van der Waals surface area contributed by atoms with Gasteiger partial charge in [0.15, 0.2) is 12.4 Å². The second-order valence-electron chi connectivity index (χ2n) is 10.4. The molecule has 0 aliphatic rings. The quantitative estimate of drug-likeness (QED) is 0.268. The second-order valence-corrected chi connectivity index (χ2v) is 10.4. The van der Waals surface area contributed by atoms with Gasteiger partial charge < -0.3 is 30.6 Å². The summed E-state index contributed by atoms with van der Waals surface area (Å²) in [6.07, 6.45) is 2.06. The van der Waals surface area contributed by atoms with Crippen molar-refractivity contribution in [1.82, 2.24) is 10.6 Å². The van der Waals surface area contributed by atoms with Gasteiger partial charge in [0.05, 0.1) is 30.5 Å². The first kappa shape index (κ1) is 35.0. The van der Waals surface area contributed by atoms with Gasteiger partial charge >= 0.3 is 0 Å². The number of ketones is 1. The van der Waals surface area contributed by atoms with E-state index in [0.717, 1.165) is 12.0 Å². The molecule has 0 aliphatic carbocycles. The van der Waals surface area contributed by atoms with E-state index in [9.17, 15) is 9.59 Å². The number of benzene rings is 1. The lowest BCUT2D eigenvalue weighted by Crippen LogP contribution is -2.38. The van der Waals surface area contributed by atoms with E-state index in [1.807, 2.05) is 79.7 Å². The number of Topliss-reactive ketones (excluding diaryl/α,β-unsaturated/α-hetero) is 1. The number of rotatable bonds is 18. The monoisotopic (exact) mass is 523 g/mol. The van der Waals surface area contributed by atoms with Gasteiger partial charge in [0.2, 0.25) is 0 Å². The first-order valence-electron chi connectivity index (χ1n) is 13.6. The summed E-state index contributed by atoms with van der Waals surface area (Å²) in [4.78, 5) is 24.4. The fourth-order valence-electron chi connectivity index (χ4n) is 3.46. The summed E-state index contributed by atoms with van der Waals surface area (Å²) < 4.78 is 17.3. The van der Waals surface area contributed by atoms with Crippen LogP contribution in [0, 0.1) is 5.92 Å². The average molecular weight is 524 g/mol. The van der Waals surface area contributed by atoms with E-state index in [1.165, 1.54) is 0 Å². The van der Waals surface area contributed by atoms with Crippen molar-refractivity contribution in [3.63, 3.8) is 0 Å². The summed E-state index contributed by atoms with van der Waals surface area (Å²) in [6.45, 7) is 17.9. The first-order chi connectivity index (χ1) is 17.4. The molecule has 0 saturated heterocycles. The van der Waals surface area contributed by atoms with Crippen molar-refractivity contribution < 1.29 is 23.8 Å². The molecule has 4 N–H and O–H groups in total. The Morgan fingerprint density at radius 2 is 1.51 bits per heavy atom. The van der Waals surface area contributed by atoms with E-state index in [-0.39, 0.29) is 41.5 Å². The van der Waals surface area contributed by atoms with Crippen LogP contribution in [-0.4, -0.2) is 68.9 Å². The molecule has 0 heterocycles. The maximum atomic E-state index is 12.2. The Labute approximate surface area is 225 Å². The number of ether oxygens (including phenoxy) is 3. The third-order valence-electron chi connectivity index (χ3n) is 5.85. The highest BCUT2D eigenvalue weighted by molar-refractivity contribution is 5.86. The minimum absolute atomic E-state index is 0.0149. The minimum Gasteiger partial charge on any atom is -0.484 e. The number of nitrogens with one attached hydrogen (secondary N) is 2. The van der Waals surface area contributed by atoms with Gasteiger partial charge in [0, 0.05) is 19.0 Å².